The zero-order valence-corrected chi connectivity index (χ0v) is 13.2. The van der Waals surface area contributed by atoms with Gasteiger partial charge in [0.1, 0.15) is 0 Å². The quantitative estimate of drug-likeness (QED) is 0.752. The molecule has 0 spiro atoms. The zero-order valence-electron chi connectivity index (χ0n) is 11.6. The Morgan fingerprint density at radius 3 is 2.61 bits per heavy atom. The molecule has 0 unspecified atom stereocenters. The van der Waals surface area contributed by atoms with Gasteiger partial charge in [0.25, 0.3) is 0 Å². The van der Waals surface area contributed by atoms with Crippen molar-refractivity contribution >= 4 is 30.7 Å². The van der Waals surface area contributed by atoms with Gasteiger partial charge >= 0.3 is 0 Å². The Kier molecular flexibility index (Phi) is 12.2. The van der Waals surface area contributed by atoms with Crippen LogP contribution in [0.2, 0.25) is 0 Å². The number of nitrogens with zero attached hydrogens (tertiary/aromatic N) is 1. The van der Waals surface area contributed by atoms with Gasteiger partial charge in [-0.2, -0.15) is 0 Å². The van der Waals surface area contributed by atoms with Crippen molar-refractivity contribution in [1.29, 1.82) is 0 Å². The van der Waals surface area contributed by atoms with Crippen molar-refractivity contribution in [1.82, 2.24) is 15.5 Å². The molecular formula is C12H27Cl2N3O. The lowest BCUT2D eigenvalue weighted by molar-refractivity contribution is -0.126. The summed E-state index contributed by atoms with van der Waals surface area (Å²) in [4.78, 5) is 14.0. The molecule has 1 amide bonds. The summed E-state index contributed by atoms with van der Waals surface area (Å²) in [5, 5.41) is 6.40. The topological polar surface area (TPSA) is 44.4 Å². The highest BCUT2D eigenvalue weighted by Crippen LogP contribution is 2.15. The van der Waals surface area contributed by atoms with Crippen LogP contribution in [0.25, 0.3) is 0 Å². The molecule has 1 fully saturated rings. The number of piperidine rings is 1. The van der Waals surface area contributed by atoms with Crippen molar-refractivity contribution in [3.8, 4) is 0 Å². The molecule has 0 bridgehead atoms. The highest BCUT2D eigenvalue weighted by atomic mass is 35.5. The number of amides is 1. The lowest BCUT2D eigenvalue weighted by Crippen LogP contribution is -2.42. The summed E-state index contributed by atoms with van der Waals surface area (Å²) >= 11 is 0. The third-order valence-electron chi connectivity index (χ3n) is 3.08. The summed E-state index contributed by atoms with van der Waals surface area (Å²) in [7, 11) is 4.10. The first kappa shape index (κ1) is 20.3. The van der Waals surface area contributed by atoms with E-state index in [2.05, 4.69) is 36.6 Å². The van der Waals surface area contributed by atoms with E-state index in [9.17, 15) is 4.79 Å². The standard InChI is InChI=1S/C12H25N3O.2ClH/c1-10-9-11(5-7-13-10)12(16)14-6-4-8-15(2)3;;/h10-11,13H,4-9H2,1-3H3,(H,14,16);2*1H/t10-,11-;;/m0../s1. The van der Waals surface area contributed by atoms with Gasteiger partial charge in [-0.25, -0.2) is 0 Å². The van der Waals surface area contributed by atoms with Gasteiger partial charge in [0, 0.05) is 18.5 Å². The van der Waals surface area contributed by atoms with Gasteiger partial charge in [0.15, 0.2) is 0 Å². The smallest absolute Gasteiger partial charge is 0.223 e. The summed E-state index contributed by atoms with van der Waals surface area (Å²) in [6.07, 6.45) is 2.97. The highest BCUT2D eigenvalue weighted by molar-refractivity contribution is 5.85. The number of rotatable bonds is 5. The first-order valence-electron chi connectivity index (χ1n) is 6.25. The van der Waals surface area contributed by atoms with E-state index in [0.717, 1.165) is 38.9 Å². The summed E-state index contributed by atoms with van der Waals surface area (Å²) < 4.78 is 0. The molecule has 1 aliphatic heterocycles. The Bertz CT molecular complexity index is 227. The van der Waals surface area contributed by atoms with Gasteiger partial charge in [0.05, 0.1) is 0 Å². The van der Waals surface area contributed by atoms with Crippen LogP contribution in [0.15, 0.2) is 0 Å². The predicted octanol–water partition coefficient (Wildman–Crippen LogP) is 1.29. The maximum absolute atomic E-state index is 11.8. The van der Waals surface area contributed by atoms with Crippen LogP contribution in [-0.4, -0.2) is 50.6 Å². The Morgan fingerprint density at radius 2 is 2.06 bits per heavy atom. The average molecular weight is 300 g/mol. The number of hydrogen-bond donors (Lipinski definition) is 2. The van der Waals surface area contributed by atoms with E-state index in [1.165, 1.54) is 0 Å². The minimum atomic E-state index is 0. The van der Waals surface area contributed by atoms with Gasteiger partial charge in [-0.1, -0.05) is 0 Å². The third kappa shape index (κ3) is 8.14. The monoisotopic (exact) mass is 299 g/mol. The molecule has 0 aromatic rings. The second kappa shape index (κ2) is 10.9. The Morgan fingerprint density at radius 1 is 1.39 bits per heavy atom. The molecule has 0 aromatic carbocycles. The summed E-state index contributed by atoms with van der Waals surface area (Å²) in [6.45, 7) is 4.95. The molecule has 18 heavy (non-hydrogen) atoms. The van der Waals surface area contributed by atoms with Gasteiger partial charge in [-0.15, -0.1) is 24.8 Å². The molecule has 0 saturated carbocycles. The second-order valence-corrected chi connectivity index (χ2v) is 5.02. The van der Waals surface area contributed by atoms with Crippen molar-refractivity contribution in [2.24, 2.45) is 5.92 Å². The van der Waals surface area contributed by atoms with Crippen molar-refractivity contribution in [2.75, 3.05) is 33.7 Å². The zero-order chi connectivity index (χ0) is 12.0. The lowest BCUT2D eigenvalue weighted by Gasteiger charge is -2.27. The van der Waals surface area contributed by atoms with E-state index in [0.29, 0.717) is 6.04 Å². The van der Waals surface area contributed by atoms with Crippen LogP contribution in [0.5, 0.6) is 0 Å². The van der Waals surface area contributed by atoms with E-state index in [-0.39, 0.29) is 36.6 Å². The SMILES string of the molecule is C[C@H]1C[C@@H](C(=O)NCCCN(C)C)CCN1.Cl.Cl. The van der Waals surface area contributed by atoms with Crippen molar-refractivity contribution in [2.45, 2.75) is 32.2 Å². The van der Waals surface area contributed by atoms with Gasteiger partial charge in [0.2, 0.25) is 5.91 Å². The molecule has 1 rings (SSSR count). The number of carbonyl (C=O) groups is 1. The average Bonchev–Trinajstić information content (AvgIpc) is 2.24. The van der Waals surface area contributed by atoms with Gasteiger partial charge in [-0.05, 0) is 53.4 Å². The van der Waals surface area contributed by atoms with E-state index in [4.69, 9.17) is 0 Å². The molecule has 4 nitrogen and oxygen atoms in total. The Hall–Kier alpha value is -0.0300. The van der Waals surface area contributed by atoms with Crippen molar-refractivity contribution in [3.63, 3.8) is 0 Å². The first-order chi connectivity index (χ1) is 7.59. The molecule has 0 aromatic heterocycles. The predicted molar refractivity (Wildman–Crippen MR) is 80.9 cm³/mol. The molecule has 0 aliphatic carbocycles. The minimum Gasteiger partial charge on any atom is -0.356 e. The maximum Gasteiger partial charge on any atom is 0.223 e. The number of hydrogen-bond acceptors (Lipinski definition) is 3. The number of carbonyl (C=O) groups excluding carboxylic acids is 1. The van der Waals surface area contributed by atoms with Crippen LogP contribution in [-0.2, 0) is 4.79 Å². The van der Waals surface area contributed by atoms with Crippen molar-refractivity contribution in [3.05, 3.63) is 0 Å². The largest absolute Gasteiger partial charge is 0.356 e. The van der Waals surface area contributed by atoms with Gasteiger partial charge < -0.3 is 15.5 Å². The molecule has 1 aliphatic rings. The van der Waals surface area contributed by atoms with Crippen LogP contribution in [0.4, 0.5) is 0 Å². The Labute approximate surface area is 123 Å². The van der Waals surface area contributed by atoms with Crippen LogP contribution < -0.4 is 10.6 Å². The molecular weight excluding hydrogens is 273 g/mol. The molecule has 110 valence electrons. The molecule has 2 N–H and O–H groups in total. The lowest BCUT2D eigenvalue weighted by atomic mass is 9.92. The normalized spacial score (nSPS) is 22.9. The van der Waals surface area contributed by atoms with E-state index >= 15 is 0 Å². The fraction of sp³-hybridized carbons (Fsp3) is 0.917. The van der Waals surface area contributed by atoms with E-state index in [1.54, 1.807) is 0 Å². The summed E-state index contributed by atoms with van der Waals surface area (Å²) in [6, 6.07) is 0.478. The van der Waals surface area contributed by atoms with Crippen LogP contribution in [0.3, 0.4) is 0 Å². The fourth-order valence-electron chi connectivity index (χ4n) is 2.12. The molecule has 2 atom stereocenters. The number of halogens is 2. The Balaban J connectivity index is 0. The van der Waals surface area contributed by atoms with Crippen LogP contribution in [0.1, 0.15) is 26.2 Å². The fourth-order valence-corrected chi connectivity index (χ4v) is 2.12. The second-order valence-electron chi connectivity index (χ2n) is 5.02. The summed E-state index contributed by atoms with van der Waals surface area (Å²) in [5.41, 5.74) is 0. The van der Waals surface area contributed by atoms with Crippen LogP contribution in [0, 0.1) is 5.92 Å². The van der Waals surface area contributed by atoms with E-state index < -0.39 is 0 Å². The van der Waals surface area contributed by atoms with Crippen molar-refractivity contribution < 1.29 is 4.79 Å². The molecule has 1 saturated heterocycles. The van der Waals surface area contributed by atoms with Gasteiger partial charge in [-0.3, -0.25) is 4.79 Å². The first-order valence-corrected chi connectivity index (χ1v) is 6.25. The minimum absolute atomic E-state index is 0. The third-order valence-corrected chi connectivity index (χ3v) is 3.08. The molecule has 6 heteroatoms. The number of nitrogens with one attached hydrogen (secondary N) is 2. The van der Waals surface area contributed by atoms with E-state index in [1.807, 2.05) is 0 Å². The summed E-state index contributed by atoms with van der Waals surface area (Å²) in [5.74, 6) is 0.461. The highest BCUT2D eigenvalue weighted by Gasteiger charge is 2.23. The molecule has 1 heterocycles. The maximum atomic E-state index is 11.8. The molecule has 0 radical (unpaired) electrons. The van der Waals surface area contributed by atoms with Crippen LogP contribution >= 0.6 is 24.8 Å².